The zero-order valence-corrected chi connectivity index (χ0v) is 11.6. The molecule has 1 N–H and O–H groups in total. The number of methoxy groups -OCH3 is 2. The number of nitrogens with zero attached hydrogens (tertiary/aromatic N) is 1. The van der Waals surface area contributed by atoms with Gasteiger partial charge in [0.05, 0.1) is 31.4 Å². The molecule has 2 aromatic rings. The van der Waals surface area contributed by atoms with E-state index >= 15 is 0 Å². The van der Waals surface area contributed by atoms with E-state index in [1.807, 2.05) is 0 Å². The van der Waals surface area contributed by atoms with Crippen molar-refractivity contribution in [1.29, 1.82) is 5.26 Å². The van der Waals surface area contributed by atoms with E-state index in [0.717, 1.165) is 0 Å². The summed E-state index contributed by atoms with van der Waals surface area (Å²) in [4.78, 5) is 11.1. The lowest BCUT2D eigenvalue weighted by atomic mass is 9.99. The molecule has 0 unspecified atom stereocenters. The molecule has 0 aliphatic rings. The maximum Gasteiger partial charge on any atom is 0.335 e. The van der Waals surface area contributed by atoms with E-state index in [2.05, 4.69) is 6.07 Å². The second-order valence-corrected chi connectivity index (χ2v) is 4.25. The molecule has 5 nitrogen and oxygen atoms in total. The zero-order valence-electron chi connectivity index (χ0n) is 11.6. The molecule has 0 fully saturated rings. The third kappa shape index (κ3) is 2.79. The second-order valence-electron chi connectivity index (χ2n) is 4.25. The van der Waals surface area contributed by atoms with Gasteiger partial charge in [0.1, 0.15) is 11.5 Å². The lowest BCUT2D eigenvalue weighted by Gasteiger charge is -2.13. The molecule has 0 aromatic heterocycles. The SMILES string of the molecule is COc1ccc(C#N)cc1-c1cc(C(=O)O)ccc1OC. The Hall–Kier alpha value is -3.00. The predicted octanol–water partition coefficient (Wildman–Crippen LogP) is 2.94. The van der Waals surface area contributed by atoms with Crippen LogP contribution in [0.1, 0.15) is 15.9 Å². The van der Waals surface area contributed by atoms with Gasteiger partial charge in [0.25, 0.3) is 0 Å². The number of carboxylic acid groups (broad SMARTS) is 1. The van der Waals surface area contributed by atoms with Crippen molar-refractivity contribution in [1.82, 2.24) is 0 Å². The highest BCUT2D eigenvalue weighted by Crippen LogP contribution is 2.37. The van der Waals surface area contributed by atoms with Crippen LogP contribution in [0.5, 0.6) is 11.5 Å². The monoisotopic (exact) mass is 283 g/mol. The lowest BCUT2D eigenvalue weighted by Crippen LogP contribution is -1.99. The van der Waals surface area contributed by atoms with Crippen molar-refractivity contribution < 1.29 is 19.4 Å². The van der Waals surface area contributed by atoms with E-state index < -0.39 is 5.97 Å². The van der Waals surface area contributed by atoms with Gasteiger partial charge in [-0.25, -0.2) is 4.79 Å². The second kappa shape index (κ2) is 5.97. The number of hydrogen-bond acceptors (Lipinski definition) is 4. The van der Waals surface area contributed by atoms with Crippen LogP contribution >= 0.6 is 0 Å². The Bertz CT molecular complexity index is 732. The van der Waals surface area contributed by atoms with Crippen LogP contribution in [0.2, 0.25) is 0 Å². The molecule has 5 heteroatoms. The van der Waals surface area contributed by atoms with Crippen molar-refractivity contribution in [2.24, 2.45) is 0 Å². The van der Waals surface area contributed by atoms with Gasteiger partial charge in [-0.1, -0.05) is 0 Å². The highest BCUT2D eigenvalue weighted by atomic mass is 16.5. The molecule has 2 rings (SSSR count). The molecule has 0 heterocycles. The van der Waals surface area contributed by atoms with E-state index in [0.29, 0.717) is 28.2 Å². The summed E-state index contributed by atoms with van der Waals surface area (Å²) in [5, 5.41) is 18.1. The summed E-state index contributed by atoms with van der Waals surface area (Å²) in [5.41, 5.74) is 1.76. The van der Waals surface area contributed by atoms with Gasteiger partial charge in [-0.05, 0) is 36.4 Å². The van der Waals surface area contributed by atoms with E-state index in [1.54, 1.807) is 24.3 Å². The first-order chi connectivity index (χ1) is 10.1. The third-order valence-electron chi connectivity index (χ3n) is 3.07. The number of aromatic carboxylic acids is 1. The Kier molecular flexibility index (Phi) is 4.10. The van der Waals surface area contributed by atoms with Gasteiger partial charge in [0.2, 0.25) is 0 Å². The molecule has 0 saturated carbocycles. The van der Waals surface area contributed by atoms with Crippen molar-refractivity contribution in [3.8, 4) is 28.7 Å². The minimum Gasteiger partial charge on any atom is -0.496 e. The van der Waals surface area contributed by atoms with Crippen LogP contribution in [-0.2, 0) is 0 Å². The number of hydrogen-bond donors (Lipinski definition) is 1. The molecule has 0 radical (unpaired) electrons. The number of nitriles is 1. The molecular formula is C16H13NO4. The van der Waals surface area contributed by atoms with Crippen LogP contribution < -0.4 is 9.47 Å². The number of benzene rings is 2. The molecule has 0 bridgehead atoms. The molecular weight excluding hydrogens is 270 g/mol. The third-order valence-corrected chi connectivity index (χ3v) is 3.07. The minimum absolute atomic E-state index is 0.134. The van der Waals surface area contributed by atoms with Crippen LogP contribution in [0.15, 0.2) is 36.4 Å². The molecule has 0 aliphatic heterocycles. The Morgan fingerprint density at radius 1 is 1.05 bits per heavy atom. The predicted molar refractivity (Wildman–Crippen MR) is 76.7 cm³/mol. The highest BCUT2D eigenvalue weighted by molar-refractivity contribution is 5.91. The first-order valence-electron chi connectivity index (χ1n) is 6.10. The van der Waals surface area contributed by atoms with E-state index in [9.17, 15) is 4.79 Å². The van der Waals surface area contributed by atoms with Crippen LogP contribution in [0.25, 0.3) is 11.1 Å². The van der Waals surface area contributed by atoms with E-state index in [1.165, 1.54) is 26.4 Å². The molecule has 2 aromatic carbocycles. The summed E-state index contributed by atoms with van der Waals surface area (Å²) in [7, 11) is 3.01. The Morgan fingerprint density at radius 3 is 2.14 bits per heavy atom. The summed E-state index contributed by atoms with van der Waals surface area (Å²) in [6, 6.07) is 11.5. The van der Waals surface area contributed by atoms with Crippen molar-refractivity contribution in [2.75, 3.05) is 14.2 Å². The quantitative estimate of drug-likeness (QED) is 0.933. The van der Waals surface area contributed by atoms with Crippen LogP contribution in [0, 0.1) is 11.3 Å². The maximum atomic E-state index is 11.1. The molecule has 106 valence electrons. The molecule has 0 aliphatic carbocycles. The smallest absolute Gasteiger partial charge is 0.335 e. The van der Waals surface area contributed by atoms with Crippen molar-refractivity contribution in [2.45, 2.75) is 0 Å². The average Bonchev–Trinajstić information content (AvgIpc) is 2.53. The van der Waals surface area contributed by atoms with Crippen molar-refractivity contribution in [3.05, 3.63) is 47.5 Å². The molecule has 0 saturated heterocycles. The van der Waals surface area contributed by atoms with Gasteiger partial charge >= 0.3 is 5.97 Å². The molecule has 21 heavy (non-hydrogen) atoms. The number of carboxylic acids is 1. The number of ether oxygens (including phenoxy) is 2. The Balaban J connectivity index is 2.72. The number of rotatable bonds is 4. The van der Waals surface area contributed by atoms with Gasteiger partial charge < -0.3 is 14.6 Å². The fraction of sp³-hybridized carbons (Fsp3) is 0.125. The van der Waals surface area contributed by atoms with Gasteiger partial charge in [-0.15, -0.1) is 0 Å². The molecule has 0 atom stereocenters. The zero-order chi connectivity index (χ0) is 15.4. The summed E-state index contributed by atoms with van der Waals surface area (Å²) in [5.74, 6) is 0.0116. The minimum atomic E-state index is -1.03. The van der Waals surface area contributed by atoms with Crippen molar-refractivity contribution in [3.63, 3.8) is 0 Å². The van der Waals surface area contributed by atoms with Gasteiger partial charge in [0.15, 0.2) is 0 Å². The van der Waals surface area contributed by atoms with E-state index in [-0.39, 0.29) is 5.56 Å². The fourth-order valence-electron chi connectivity index (χ4n) is 2.04. The largest absolute Gasteiger partial charge is 0.496 e. The van der Waals surface area contributed by atoms with Gasteiger partial charge in [-0.2, -0.15) is 5.26 Å². The standard InChI is InChI=1S/C16H13NO4/c1-20-14-5-3-10(9-17)7-12(14)13-8-11(16(18)19)4-6-15(13)21-2/h3-8H,1-2H3,(H,18,19). The molecule has 0 amide bonds. The van der Waals surface area contributed by atoms with Gasteiger partial charge in [0, 0.05) is 11.1 Å². The highest BCUT2D eigenvalue weighted by Gasteiger charge is 2.15. The Morgan fingerprint density at radius 2 is 1.62 bits per heavy atom. The van der Waals surface area contributed by atoms with Gasteiger partial charge in [-0.3, -0.25) is 0 Å². The first kappa shape index (κ1) is 14.4. The van der Waals surface area contributed by atoms with Crippen LogP contribution in [0.4, 0.5) is 0 Å². The summed E-state index contributed by atoms with van der Waals surface area (Å²) in [6.45, 7) is 0. The topological polar surface area (TPSA) is 79.5 Å². The lowest BCUT2D eigenvalue weighted by molar-refractivity contribution is 0.0697. The summed E-state index contributed by atoms with van der Waals surface area (Å²) in [6.07, 6.45) is 0. The van der Waals surface area contributed by atoms with Crippen LogP contribution in [-0.4, -0.2) is 25.3 Å². The normalized spacial score (nSPS) is 9.76. The van der Waals surface area contributed by atoms with Crippen LogP contribution in [0.3, 0.4) is 0 Å². The number of carbonyl (C=O) groups is 1. The van der Waals surface area contributed by atoms with Crippen molar-refractivity contribution >= 4 is 5.97 Å². The fourth-order valence-corrected chi connectivity index (χ4v) is 2.04. The summed E-state index contributed by atoms with van der Waals surface area (Å²) >= 11 is 0. The Labute approximate surface area is 122 Å². The average molecular weight is 283 g/mol. The maximum absolute atomic E-state index is 11.1. The molecule has 0 spiro atoms. The summed E-state index contributed by atoms with van der Waals surface area (Å²) < 4.78 is 10.6. The van der Waals surface area contributed by atoms with E-state index in [4.69, 9.17) is 19.8 Å². The first-order valence-corrected chi connectivity index (χ1v) is 6.10.